The first kappa shape index (κ1) is 12.6. The maximum absolute atomic E-state index is 10.8. The highest BCUT2D eigenvalue weighted by atomic mass is 16.1. The Morgan fingerprint density at radius 3 is 2.71 bits per heavy atom. The van der Waals surface area contributed by atoms with Gasteiger partial charge in [-0.1, -0.05) is 20.8 Å². The fourth-order valence-electron chi connectivity index (χ4n) is 0.737. The molecule has 0 saturated carbocycles. The van der Waals surface area contributed by atoms with Crippen LogP contribution in [0.1, 0.15) is 32.9 Å². The minimum absolute atomic E-state index is 0.0358. The summed E-state index contributed by atoms with van der Waals surface area (Å²) in [5.74, 6) is 0.0358. The predicted molar refractivity (Wildman–Crippen MR) is 55.5 cm³/mol. The predicted octanol–water partition coefficient (Wildman–Crippen LogP) is 1.53. The molecule has 1 aromatic rings. The van der Waals surface area contributed by atoms with Gasteiger partial charge >= 0.3 is 0 Å². The number of nitrogens with one attached hydrogen (secondary N) is 1. The zero-order valence-corrected chi connectivity index (χ0v) is 8.95. The molecular weight excluding hydrogens is 178 g/mol. The Bertz CT molecular complexity index is 249. The van der Waals surface area contributed by atoms with E-state index in [9.17, 15) is 4.79 Å². The fraction of sp³-hybridized carbons (Fsp3) is 0.500. The molecule has 0 aromatic carbocycles. The average molecular weight is 195 g/mol. The molecule has 0 aliphatic heterocycles. The highest BCUT2D eigenvalue weighted by Gasteiger charge is 1.96. The Hall–Kier alpha value is -1.45. The highest BCUT2D eigenvalue weighted by molar-refractivity contribution is 5.75. The Morgan fingerprint density at radius 2 is 2.21 bits per heavy atom. The molecule has 1 amide bonds. The summed E-state index contributed by atoms with van der Waals surface area (Å²) in [5, 5.41) is 2.72. The van der Waals surface area contributed by atoms with Crippen molar-refractivity contribution in [3.63, 3.8) is 0 Å². The van der Waals surface area contributed by atoms with E-state index in [-0.39, 0.29) is 5.91 Å². The SMILES string of the molecule is CC.CCC(=O)NCc1ccncn1. The molecule has 4 nitrogen and oxygen atoms in total. The number of amides is 1. The number of nitrogens with zero attached hydrogens (tertiary/aromatic N) is 2. The van der Waals surface area contributed by atoms with Crippen LogP contribution in [-0.2, 0) is 11.3 Å². The minimum atomic E-state index is 0.0358. The Balaban J connectivity index is 0.000000791. The quantitative estimate of drug-likeness (QED) is 0.795. The topological polar surface area (TPSA) is 54.9 Å². The van der Waals surface area contributed by atoms with Gasteiger partial charge in [0, 0.05) is 12.6 Å². The summed E-state index contributed by atoms with van der Waals surface area (Å²) in [5.41, 5.74) is 0.826. The van der Waals surface area contributed by atoms with Gasteiger partial charge in [-0.25, -0.2) is 9.97 Å². The second-order valence-electron chi connectivity index (χ2n) is 2.33. The van der Waals surface area contributed by atoms with E-state index in [0.29, 0.717) is 13.0 Å². The molecule has 0 aliphatic carbocycles. The van der Waals surface area contributed by atoms with Crippen molar-refractivity contribution in [2.75, 3.05) is 0 Å². The summed E-state index contributed by atoms with van der Waals surface area (Å²) in [6, 6.07) is 1.77. The summed E-state index contributed by atoms with van der Waals surface area (Å²) in [4.78, 5) is 18.6. The lowest BCUT2D eigenvalue weighted by molar-refractivity contribution is -0.120. The molecule has 0 spiro atoms. The van der Waals surface area contributed by atoms with Gasteiger partial charge in [-0.3, -0.25) is 4.79 Å². The van der Waals surface area contributed by atoms with E-state index < -0.39 is 0 Å². The maximum atomic E-state index is 10.8. The summed E-state index contributed by atoms with van der Waals surface area (Å²) < 4.78 is 0. The van der Waals surface area contributed by atoms with E-state index in [1.807, 2.05) is 20.8 Å². The molecule has 0 aliphatic rings. The summed E-state index contributed by atoms with van der Waals surface area (Å²) in [7, 11) is 0. The largest absolute Gasteiger partial charge is 0.350 e. The molecule has 1 N–H and O–H groups in total. The van der Waals surface area contributed by atoms with Gasteiger partial charge in [-0.05, 0) is 6.07 Å². The van der Waals surface area contributed by atoms with Crippen LogP contribution in [0.3, 0.4) is 0 Å². The molecule has 0 bridgehead atoms. The average Bonchev–Trinajstić information content (AvgIpc) is 2.30. The van der Waals surface area contributed by atoms with Crippen LogP contribution in [0, 0.1) is 0 Å². The third-order valence-corrected chi connectivity index (χ3v) is 1.43. The van der Waals surface area contributed by atoms with Gasteiger partial charge in [-0.15, -0.1) is 0 Å². The third kappa shape index (κ3) is 5.24. The highest BCUT2D eigenvalue weighted by Crippen LogP contribution is 1.89. The van der Waals surface area contributed by atoms with E-state index in [2.05, 4.69) is 15.3 Å². The van der Waals surface area contributed by atoms with E-state index >= 15 is 0 Å². The second kappa shape index (κ2) is 8.16. The van der Waals surface area contributed by atoms with Gasteiger partial charge in [0.25, 0.3) is 0 Å². The minimum Gasteiger partial charge on any atom is -0.350 e. The third-order valence-electron chi connectivity index (χ3n) is 1.43. The van der Waals surface area contributed by atoms with Crippen LogP contribution in [-0.4, -0.2) is 15.9 Å². The Morgan fingerprint density at radius 1 is 1.50 bits per heavy atom. The smallest absolute Gasteiger partial charge is 0.220 e. The molecule has 78 valence electrons. The monoisotopic (exact) mass is 195 g/mol. The van der Waals surface area contributed by atoms with E-state index in [0.717, 1.165) is 5.69 Å². The first-order valence-electron chi connectivity index (χ1n) is 4.84. The van der Waals surface area contributed by atoms with Crippen molar-refractivity contribution in [1.82, 2.24) is 15.3 Å². The zero-order valence-electron chi connectivity index (χ0n) is 8.95. The van der Waals surface area contributed by atoms with Crippen molar-refractivity contribution >= 4 is 5.91 Å². The van der Waals surface area contributed by atoms with Crippen LogP contribution in [0.2, 0.25) is 0 Å². The summed E-state index contributed by atoms with van der Waals surface area (Å²) in [6.45, 7) is 6.30. The number of carbonyl (C=O) groups excluding carboxylic acids is 1. The van der Waals surface area contributed by atoms with Gasteiger partial charge < -0.3 is 5.32 Å². The van der Waals surface area contributed by atoms with Crippen molar-refractivity contribution in [1.29, 1.82) is 0 Å². The fourth-order valence-corrected chi connectivity index (χ4v) is 0.737. The van der Waals surface area contributed by atoms with Gasteiger partial charge in [-0.2, -0.15) is 0 Å². The van der Waals surface area contributed by atoms with Crippen molar-refractivity contribution < 1.29 is 4.79 Å². The molecule has 1 aromatic heterocycles. The van der Waals surface area contributed by atoms with Crippen molar-refractivity contribution in [2.45, 2.75) is 33.7 Å². The number of hydrogen-bond acceptors (Lipinski definition) is 3. The lowest BCUT2D eigenvalue weighted by Gasteiger charge is -2.00. The molecule has 0 radical (unpaired) electrons. The first-order chi connectivity index (χ1) is 6.83. The first-order valence-corrected chi connectivity index (χ1v) is 4.84. The van der Waals surface area contributed by atoms with Crippen molar-refractivity contribution in [3.05, 3.63) is 24.3 Å². The van der Waals surface area contributed by atoms with E-state index in [1.165, 1.54) is 6.33 Å². The summed E-state index contributed by atoms with van der Waals surface area (Å²) in [6.07, 6.45) is 3.62. The molecule has 0 fully saturated rings. The van der Waals surface area contributed by atoms with Crippen LogP contribution < -0.4 is 5.32 Å². The number of rotatable bonds is 3. The Labute approximate surface area is 84.8 Å². The van der Waals surface area contributed by atoms with Crippen LogP contribution >= 0.6 is 0 Å². The lowest BCUT2D eigenvalue weighted by atomic mass is 10.4. The molecule has 1 heterocycles. The maximum Gasteiger partial charge on any atom is 0.220 e. The van der Waals surface area contributed by atoms with Crippen LogP contribution in [0.15, 0.2) is 18.6 Å². The van der Waals surface area contributed by atoms with E-state index in [1.54, 1.807) is 12.3 Å². The zero-order chi connectivity index (χ0) is 10.8. The van der Waals surface area contributed by atoms with Crippen molar-refractivity contribution in [3.8, 4) is 0 Å². The standard InChI is InChI=1S/C8H11N3O.C2H6/c1-2-8(12)10-5-7-3-4-9-6-11-7;1-2/h3-4,6H,2,5H2,1H3,(H,10,12);1-2H3. The van der Waals surface area contributed by atoms with Gasteiger partial charge in [0.05, 0.1) is 12.2 Å². The second-order valence-corrected chi connectivity index (χ2v) is 2.33. The van der Waals surface area contributed by atoms with E-state index in [4.69, 9.17) is 0 Å². The van der Waals surface area contributed by atoms with Gasteiger partial charge in [0.1, 0.15) is 6.33 Å². The molecule has 0 atom stereocenters. The van der Waals surface area contributed by atoms with Gasteiger partial charge in [0.2, 0.25) is 5.91 Å². The van der Waals surface area contributed by atoms with Crippen LogP contribution in [0.5, 0.6) is 0 Å². The summed E-state index contributed by atoms with van der Waals surface area (Å²) >= 11 is 0. The molecule has 14 heavy (non-hydrogen) atoms. The lowest BCUT2D eigenvalue weighted by Crippen LogP contribution is -2.21. The van der Waals surface area contributed by atoms with Crippen molar-refractivity contribution in [2.24, 2.45) is 0 Å². The van der Waals surface area contributed by atoms with Gasteiger partial charge in [0.15, 0.2) is 0 Å². The number of carbonyl (C=O) groups is 1. The molecule has 0 unspecified atom stereocenters. The molecule has 0 saturated heterocycles. The van der Waals surface area contributed by atoms with Crippen LogP contribution in [0.25, 0.3) is 0 Å². The number of hydrogen-bond donors (Lipinski definition) is 1. The molecule has 4 heteroatoms. The molecular formula is C10H17N3O. The normalized spacial score (nSPS) is 8.50. The Kier molecular flexibility index (Phi) is 7.32. The van der Waals surface area contributed by atoms with Crippen LogP contribution in [0.4, 0.5) is 0 Å². The molecule has 1 rings (SSSR count). The number of aromatic nitrogens is 2.